The van der Waals surface area contributed by atoms with Crippen LogP contribution in [0.5, 0.6) is 0 Å². The summed E-state index contributed by atoms with van der Waals surface area (Å²) >= 11 is 0. The maximum absolute atomic E-state index is 12.1. The van der Waals surface area contributed by atoms with Crippen molar-refractivity contribution in [2.45, 2.75) is 19.9 Å². The molecule has 7 nitrogen and oxygen atoms in total. The number of fused-ring (bicyclic) bond motifs is 1. The summed E-state index contributed by atoms with van der Waals surface area (Å²) in [5.74, 6) is -0.861. The Morgan fingerprint density at radius 1 is 1.12 bits per heavy atom. The second-order valence-electron chi connectivity index (χ2n) is 6.23. The van der Waals surface area contributed by atoms with E-state index in [2.05, 4.69) is 15.6 Å². The van der Waals surface area contributed by atoms with Crippen LogP contribution in [-0.2, 0) is 4.79 Å². The molecule has 26 heavy (non-hydrogen) atoms. The van der Waals surface area contributed by atoms with E-state index in [1.54, 1.807) is 32.0 Å². The Kier molecular flexibility index (Phi) is 4.88. The van der Waals surface area contributed by atoms with Gasteiger partial charge in [0.05, 0.1) is 0 Å². The number of aliphatic carboxylic acids is 1. The smallest absolute Gasteiger partial charge is 0.326 e. The summed E-state index contributed by atoms with van der Waals surface area (Å²) in [4.78, 5) is 27.7. The van der Waals surface area contributed by atoms with E-state index in [0.717, 1.165) is 5.52 Å². The third kappa shape index (κ3) is 3.83. The second kappa shape index (κ2) is 7.26. The molecule has 1 atom stereocenters. The van der Waals surface area contributed by atoms with Crippen molar-refractivity contribution in [2.24, 2.45) is 5.92 Å². The number of carbonyl (C=O) groups is 2. The topological polar surface area (TPSA) is 104 Å². The third-order valence-electron chi connectivity index (χ3n) is 3.88. The van der Waals surface area contributed by atoms with Gasteiger partial charge >= 0.3 is 12.0 Å². The molecule has 0 aliphatic rings. The van der Waals surface area contributed by atoms with Crippen LogP contribution in [0.4, 0.5) is 10.5 Å². The number of nitrogens with zero attached hydrogens (tertiary/aromatic N) is 1. The van der Waals surface area contributed by atoms with Gasteiger partial charge in [-0.25, -0.2) is 14.6 Å². The molecule has 0 aliphatic carbocycles. The molecule has 1 aromatic heterocycles. The van der Waals surface area contributed by atoms with E-state index in [9.17, 15) is 9.59 Å². The normalized spacial score (nSPS) is 12.1. The number of hydrogen-bond donors (Lipinski definition) is 3. The van der Waals surface area contributed by atoms with Gasteiger partial charge in [0, 0.05) is 11.3 Å². The van der Waals surface area contributed by atoms with Gasteiger partial charge in [-0.1, -0.05) is 32.0 Å². The first kappa shape index (κ1) is 17.5. The van der Waals surface area contributed by atoms with Crippen molar-refractivity contribution in [2.75, 3.05) is 5.32 Å². The Morgan fingerprint density at radius 2 is 1.88 bits per heavy atom. The minimum Gasteiger partial charge on any atom is -0.480 e. The third-order valence-corrected chi connectivity index (χ3v) is 3.88. The summed E-state index contributed by atoms with van der Waals surface area (Å²) < 4.78 is 5.72. The van der Waals surface area contributed by atoms with Crippen LogP contribution in [-0.4, -0.2) is 28.1 Å². The molecule has 2 aromatic carbocycles. The first-order valence-corrected chi connectivity index (χ1v) is 8.20. The van der Waals surface area contributed by atoms with Crippen LogP contribution < -0.4 is 10.6 Å². The number of carboxylic acids is 1. The monoisotopic (exact) mass is 353 g/mol. The second-order valence-corrected chi connectivity index (χ2v) is 6.23. The maximum atomic E-state index is 12.1. The maximum Gasteiger partial charge on any atom is 0.326 e. The largest absolute Gasteiger partial charge is 0.480 e. The van der Waals surface area contributed by atoms with E-state index in [1.807, 2.05) is 30.3 Å². The van der Waals surface area contributed by atoms with Crippen molar-refractivity contribution >= 4 is 28.8 Å². The molecule has 1 unspecified atom stereocenters. The molecular weight excluding hydrogens is 334 g/mol. The van der Waals surface area contributed by atoms with Gasteiger partial charge in [0.15, 0.2) is 5.58 Å². The molecule has 0 spiro atoms. The summed E-state index contributed by atoms with van der Waals surface area (Å²) in [6, 6.07) is 12.9. The van der Waals surface area contributed by atoms with Gasteiger partial charge in [0.2, 0.25) is 5.89 Å². The quantitative estimate of drug-likeness (QED) is 0.648. The van der Waals surface area contributed by atoms with Gasteiger partial charge in [0.1, 0.15) is 11.6 Å². The molecule has 0 aliphatic heterocycles. The Labute approximate surface area is 150 Å². The van der Waals surface area contributed by atoms with Crippen LogP contribution in [0.1, 0.15) is 13.8 Å². The van der Waals surface area contributed by atoms with Gasteiger partial charge < -0.3 is 20.2 Å². The molecule has 0 radical (unpaired) electrons. The molecule has 0 bridgehead atoms. The number of para-hydroxylation sites is 2. The van der Waals surface area contributed by atoms with Crippen molar-refractivity contribution in [1.82, 2.24) is 10.3 Å². The lowest BCUT2D eigenvalue weighted by molar-refractivity contribution is -0.140. The van der Waals surface area contributed by atoms with E-state index < -0.39 is 18.0 Å². The zero-order valence-corrected chi connectivity index (χ0v) is 14.4. The number of oxazole rings is 1. The van der Waals surface area contributed by atoms with Crippen LogP contribution >= 0.6 is 0 Å². The minimum absolute atomic E-state index is 0.232. The van der Waals surface area contributed by atoms with Crippen molar-refractivity contribution in [3.8, 4) is 11.5 Å². The lowest BCUT2D eigenvalue weighted by Gasteiger charge is -2.18. The number of hydrogen-bond acceptors (Lipinski definition) is 4. The highest BCUT2D eigenvalue weighted by Gasteiger charge is 2.23. The molecule has 2 amide bonds. The number of nitrogens with one attached hydrogen (secondary N) is 2. The Morgan fingerprint density at radius 3 is 2.58 bits per heavy atom. The van der Waals surface area contributed by atoms with E-state index >= 15 is 0 Å². The predicted molar refractivity (Wildman–Crippen MR) is 97.9 cm³/mol. The molecule has 0 saturated heterocycles. The molecule has 1 heterocycles. The van der Waals surface area contributed by atoms with Gasteiger partial charge in [-0.05, 0) is 36.2 Å². The number of anilines is 1. The average Bonchev–Trinajstić information content (AvgIpc) is 3.03. The molecule has 0 fully saturated rings. The molecule has 7 heteroatoms. The van der Waals surface area contributed by atoms with Crippen molar-refractivity contribution in [1.29, 1.82) is 0 Å². The highest BCUT2D eigenvalue weighted by molar-refractivity contribution is 5.92. The zero-order chi connectivity index (χ0) is 18.7. The van der Waals surface area contributed by atoms with Crippen LogP contribution in [0.15, 0.2) is 52.9 Å². The number of aromatic nitrogens is 1. The van der Waals surface area contributed by atoms with E-state index in [0.29, 0.717) is 22.7 Å². The Bertz CT molecular complexity index is 916. The summed E-state index contributed by atoms with van der Waals surface area (Å²) in [5.41, 5.74) is 2.65. The molecule has 0 saturated carbocycles. The molecular formula is C19H19N3O4. The SMILES string of the molecule is CC(C)C(NC(=O)Nc1cccc(-c2nc3ccccc3o2)c1)C(=O)O. The number of carboxylic acid groups (broad SMARTS) is 1. The first-order valence-electron chi connectivity index (χ1n) is 8.20. The van der Waals surface area contributed by atoms with Gasteiger partial charge in [-0.3, -0.25) is 0 Å². The fourth-order valence-corrected chi connectivity index (χ4v) is 2.55. The van der Waals surface area contributed by atoms with Crippen molar-refractivity contribution in [3.63, 3.8) is 0 Å². The van der Waals surface area contributed by atoms with E-state index in [4.69, 9.17) is 9.52 Å². The zero-order valence-electron chi connectivity index (χ0n) is 14.4. The summed E-state index contributed by atoms with van der Waals surface area (Å²) in [5, 5.41) is 14.3. The lowest BCUT2D eigenvalue weighted by atomic mass is 10.1. The van der Waals surface area contributed by atoms with Crippen molar-refractivity contribution < 1.29 is 19.1 Å². The lowest BCUT2D eigenvalue weighted by Crippen LogP contribution is -2.46. The first-order chi connectivity index (χ1) is 12.4. The van der Waals surface area contributed by atoms with Crippen molar-refractivity contribution in [3.05, 3.63) is 48.5 Å². The van der Waals surface area contributed by atoms with Gasteiger partial charge in [-0.2, -0.15) is 0 Å². The Hall–Kier alpha value is -3.35. The number of urea groups is 1. The molecule has 3 N–H and O–H groups in total. The molecule has 134 valence electrons. The number of amides is 2. The van der Waals surface area contributed by atoms with Crippen LogP contribution in [0.25, 0.3) is 22.6 Å². The summed E-state index contributed by atoms with van der Waals surface area (Å²) in [6.45, 7) is 3.46. The predicted octanol–water partition coefficient (Wildman–Crippen LogP) is 3.73. The minimum atomic E-state index is -1.07. The highest BCUT2D eigenvalue weighted by atomic mass is 16.4. The number of benzene rings is 2. The van der Waals surface area contributed by atoms with Crippen LogP contribution in [0, 0.1) is 5.92 Å². The highest BCUT2D eigenvalue weighted by Crippen LogP contribution is 2.26. The Balaban J connectivity index is 1.77. The molecule has 3 aromatic rings. The summed E-state index contributed by atoms with van der Waals surface area (Å²) in [7, 11) is 0. The van der Waals surface area contributed by atoms with Crippen LogP contribution in [0.2, 0.25) is 0 Å². The number of carbonyl (C=O) groups excluding carboxylic acids is 1. The van der Waals surface area contributed by atoms with Gasteiger partial charge in [-0.15, -0.1) is 0 Å². The van der Waals surface area contributed by atoms with E-state index in [-0.39, 0.29) is 5.92 Å². The van der Waals surface area contributed by atoms with Gasteiger partial charge in [0.25, 0.3) is 0 Å². The van der Waals surface area contributed by atoms with E-state index in [1.165, 1.54) is 0 Å². The number of rotatable bonds is 5. The summed E-state index contributed by atoms with van der Waals surface area (Å²) in [6.07, 6.45) is 0. The van der Waals surface area contributed by atoms with Crippen LogP contribution in [0.3, 0.4) is 0 Å². The standard InChI is InChI=1S/C19H19N3O4/c1-11(2)16(18(23)24)22-19(25)20-13-7-5-6-12(10-13)17-21-14-8-3-4-9-15(14)26-17/h3-11,16H,1-2H3,(H,23,24)(H2,20,22,25). The molecule has 3 rings (SSSR count). The fraction of sp³-hybridized carbons (Fsp3) is 0.211. The average molecular weight is 353 g/mol. The fourth-order valence-electron chi connectivity index (χ4n) is 2.55.